The quantitative estimate of drug-likeness (QED) is 0.565. The van der Waals surface area contributed by atoms with Gasteiger partial charge in [-0.3, -0.25) is 9.59 Å². The van der Waals surface area contributed by atoms with Gasteiger partial charge in [-0.15, -0.1) is 0 Å². The Hall–Kier alpha value is -3.54. The number of carbonyl (C=O) groups is 2. The zero-order valence-corrected chi connectivity index (χ0v) is 16.6. The number of benzene rings is 2. The molecule has 29 heavy (non-hydrogen) atoms. The Labute approximate surface area is 170 Å². The Morgan fingerprint density at radius 1 is 0.897 bits per heavy atom. The highest BCUT2D eigenvalue weighted by molar-refractivity contribution is 6.05. The lowest BCUT2D eigenvalue weighted by Gasteiger charge is -2.19. The molecule has 2 aromatic carbocycles. The maximum absolute atomic E-state index is 12.5. The number of rotatable bonds is 8. The van der Waals surface area contributed by atoms with Crippen LogP contribution in [0.2, 0.25) is 0 Å². The highest BCUT2D eigenvalue weighted by atomic mass is 16.3. The van der Waals surface area contributed by atoms with Crippen molar-refractivity contribution in [2.45, 2.75) is 19.8 Å². The van der Waals surface area contributed by atoms with E-state index >= 15 is 0 Å². The number of unbranched alkanes of at least 4 members (excludes halogenated alkanes) is 1. The van der Waals surface area contributed by atoms with Crippen LogP contribution in [0.25, 0.3) is 0 Å². The van der Waals surface area contributed by atoms with Crippen LogP contribution in [0.4, 0.5) is 17.1 Å². The second kappa shape index (κ2) is 9.59. The molecule has 3 aromatic rings. The molecule has 0 atom stereocenters. The molecule has 0 aliphatic rings. The Kier molecular flexibility index (Phi) is 6.68. The number of nitrogens with zero attached hydrogens (tertiary/aromatic N) is 1. The third-order valence-electron chi connectivity index (χ3n) is 4.56. The second-order valence-corrected chi connectivity index (χ2v) is 6.78. The fourth-order valence-electron chi connectivity index (χ4n) is 2.83. The highest BCUT2D eigenvalue weighted by Gasteiger charge is 2.10. The SMILES string of the molecule is CCCCN(C)c1ccc(C(=O)Nc2ccc(NC(=O)c3ccco3)cc2)cc1. The van der Waals surface area contributed by atoms with Crippen molar-refractivity contribution in [1.29, 1.82) is 0 Å². The van der Waals surface area contributed by atoms with E-state index in [2.05, 4.69) is 29.5 Å². The lowest BCUT2D eigenvalue weighted by Crippen LogP contribution is -2.18. The highest BCUT2D eigenvalue weighted by Crippen LogP contribution is 2.18. The first-order chi connectivity index (χ1) is 14.1. The number of nitrogens with one attached hydrogen (secondary N) is 2. The van der Waals surface area contributed by atoms with Crippen molar-refractivity contribution in [3.05, 3.63) is 78.3 Å². The van der Waals surface area contributed by atoms with Crippen LogP contribution in [0.5, 0.6) is 0 Å². The van der Waals surface area contributed by atoms with Gasteiger partial charge in [-0.1, -0.05) is 13.3 Å². The summed E-state index contributed by atoms with van der Waals surface area (Å²) in [6.45, 7) is 3.16. The summed E-state index contributed by atoms with van der Waals surface area (Å²) in [4.78, 5) is 26.6. The smallest absolute Gasteiger partial charge is 0.291 e. The first kappa shape index (κ1) is 20.2. The van der Waals surface area contributed by atoms with E-state index < -0.39 is 0 Å². The molecule has 0 radical (unpaired) electrons. The average Bonchev–Trinajstić information content (AvgIpc) is 3.28. The van der Waals surface area contributed by atoms with Crippen LogP contribution in [0.3, 0.4) is 0 Å². The molecule has 1 aromatic heterocycles. The third-order valence-corrected chi connectivity index (χ3v) is 4.56. The molecule has 0 saturated heterocycles. The topological polar surface area (TPSA) is 74.6 Å². The summed E-state index contributed by atoms with van der Waals surface area (Å²) in [5.74, 6) is -0.262. The Morgan fingerprint density at radius 2 is 1.52 bits per heavy atom. The maximum Gasteiger partial charge on any atom is 0.291 e. The first-order valence-corrected chi connectivity index (χ1v) is 9.64. The fourth-order valence-corrected chi connectivity index (χ4v) is 2.83. The molecule has 0 fully saturated rings. The summed E-state index contributed by atoms with van der Waals surface area (Å²) in [5, 5.41) is 5.60. The summed E-state index contributed by atoms with van der Waals surface area (Å²) < 4.78 is 5.06. The standard InChI is InChI=1S/C23H25N3O3/c1-3-4-15-26(2)20-13-7-17(8-14-20)22(27)24-18-9-11-19(12-10-18)25-23(28)21-6-5-16-29-21/h5-14,16H,3-4,15H2,1-2H3,(H,24,27)(H,25,28). The molecular weight excluding hydrogens is 366 g/mol. The van der Waals surface area contributed by atoms with Gasteiger partial charge in [0.25, 0.3) is 11.8 Å². The zero-order valence-electron chi connectivity index (χ0n) is 16.6. The number of anilines is 3. The number of carbonyl (C=O) groups excluding carboxylic acids is 2. The van der Waals surface area contributed by atoms with E-state index in [9.17, 15) is 9.59 Å². The molecule has 2 N–H and O–H groups in total. The zero-order chi connectivity index (χ0) is 20.6. The monoisotopic (exact) mass is 391 g/mol. The molecule has 6 nitrogen and oxygen atoms in total. The largest absolute Gasteiger partial charge is 0.459 e. The number of hydrogen-bond acceptors (Lipinski definition) is 4. The molecular formula is C23H25N3O3. The van der Waals surface area contributed by atoms with Gasteiger partial charge >= 0.3 is 0 Å². The summed E-state index contributed by atoms with van der Waals surface area (Å²) in [7, 11) is 2.05. The normalized spacial score (nSPS) is 10.4. The van der Waals surface area contributed by atoms with E-state index in [0.717, 1.165) is 25.1 Å². The molecule has 0 aliphatic carbocycles. The van der Waals surface area contributed by atoms with Crippen LogP contribution in [-0.2, 0) is 0 Å². The molecule has 0 bridgehead atoms. The molecule has 0 saturated carbocycles. The lowest BCUT2D eigenvalue weighted by molar-refractivity contribution is 0.0994. The molecule has 0 unspecified atom stereocenters. The minimum absolute atomic E-state index is 0.180. The Balaban J connectivity index is 1.57. The number of amides is 2. The van der Waals surface area contributed by atoms with Gasteiger partial charge in [-0.05, 0) is 67.1 Å². The van der Waals surface area contributed by atoms with Crippen molar-refractivity contribution in [3.8, 4) is 0 Å². The van der Waals surface area contributed by atoms with Gasteiger partial charge in [-0.2, -0.15) is 0 Å². The van der Waals surface area contributed by atoms with Gasteiger partial charge in [0.2, 0.25) is 0 Å². The molecule has 2 amide bonds. The van der Waals surface area contributed by atoms with Crippen LogP contribution in [0, 0.1) is 0 Å². The predicted molar refractivity (Wildman–Crippen MR) is 116 cm³/mol. The van der Waals surface area contributed by atoms with Crippen LogP contribution >= 0.6 is 0 Å². The van der Waals surface area contributed by atoms with Gasteiger partial charge in [0.15, 0.2) is 5.76 Å². The number of hydrogen-bond donors (Lipinski definition) is 2. The summed E-state index contributed by atoms with van der Waals surface area (Å²) >= 11 is 0. The van der Waals surface area contributed by atoms with Gasteiger partial charge in [0.05, 0.1) is 6.26 Å². The molecule has 0 spiro atoms. The predicted octanol–water partition coefficient (Wildman–Crippen LogP) is 5.02. The van der Waals surface area contributed by atoms with E-state index in [1.165, 1.54) is 6.26 Å². The lowest BCUT2D eigenvalue weighted by atomic mass is 10.1. The second-order valence-electron chi connectivity index (χ2n) is 6.78. The Morgan fingerprint density at radius 3 is 2.07 bits per heavy atom. The molecule has 1 heterocycles. The van der Waals surface area contributed by atoms with Crippen LogP contribution < -0.4 is 15.5 Å². The number of furan rings is 1. The van der Waals surface area contributed by atoms with E-state index in [-0.39, 0.29) is 17.6 Å². The van der Waals surface area contributed by atoms with E-state index in [0.29, 0.717) is 16.9 Å². The summed E-state index contributed by atoms with van der Waals surface area (Å²) in [5.41, 5.74) is 2.94. The van der Waals surface area contributed by atoms with Crippen molar-refractivity contribution < 1.29 is 14.0 Å². The average molecular weight is 391 g/mol. The minimum Gasteiger partial charge on any atom is -0.459 e. The van der Waals surface area contributed by atoms with Crippen LogP contribution in [-0.4, -0.2) is 25.4 Å². The van der Waals surface area contributed by atoms with Gasteiger partial charge in [0.1, 0.15) is 0 Å². The fraction of sp³-hybridized carbons (Fsp3) is 0.217. The van der Waals surface area contributed by atoms with Crippen LogP contribution in [0.15, 0.2) is 71.3 Å². The van der Waals surface area contributed by atoms with Crippen molar-refractivity contribution in [2.75, 3.05) is 29.1 Å². The van der Waals surface area contributed by atoms with E-state index in [4.69, 9.17) is 4.42 Å². The Bertz CT molecular complexity index is 933. The molecule has 0 aliphatic heterocycles. The first-order valence-electron chi connectivity index (χ1n) is 9.64. The van der Waals surface area contributed by atoms with Gasteiger partial charge in [0, 0.05) is 36.2 Å². The van der Waals surface area contributed by atoms with Crippen LogP contribution in [0.1, 0.15) is 40.7 Å². The molecule has 150 valence electrons. The summed E-state index contributed by atoms with van der Waals surface area (Å²) in [6, 6.07) is 17.7. The molecule has 6 heteroatoms. The van der Waals surface area contributed by atoms with Crippen molar-refractivity contribution >= 4 is 28.9 Å². The maximum atomic E-state index is 12.5. The van der Waals surface area contributed by atoms with Gasteiger partial charge < -0.3 is 20.0 Å². The minimum atomic E-state index is -0.323. The van der Waals surface area contributed by atoms with E-state index in [1.807, 2.05) is 24.3 Å². The third kappa shape index (κ3) is 5.48. The van der Waals surface area contributed by atoms with Crippen molar-refractivity contribution in [3.63, 3.8) is 0 Å². The van der Waals surface area contributed by atoms with E-state index in [1.54, 1.807) is 36.4 Å². The van der Waals surface area contributed by atoms with Gasteiger partial charge in [-0.25, -0.2) is 0 Å². The molecule has 3 rings (SSSR count). The van der Waals surface area contributed by atoms with Crippen molar-refractivity contribution in [2.24, 2.45) is 0 Å². The van der Waals surface area contributed by atoms with Crippen molar-refractivity contribution in [1.82, 2.24) is 0 Å². The summed E-state index contributed by atoms with van der Waals surface area (Å²) in [6.07, 6.45) is 3.73.